The van der Waals surface area contributed by atoms with Crippen LogP contribution < -0.4 is 0 Å². The molecule has 19 heavy (non-hydrogen) atoms. The van der Waals surface area contributed by atoms with Crippen LogP contribution in [0, 0.1) is 5.92 Å². The Hall–Kier alpha value is -1.19. The van der Waals surface area contributed by atoms with Gasteiger partial charge in [0.15, 0.2) is 5.78 Å². The zero-order valence-corrected chi connectivity index (χ0v) is 12.0. The smallest absolute Gasteiger partial charge is 0.166 e. The van der Waals surface area contributed by atoms with Crippen molar-refractivity contribution in [3.63, 3.8) is 0 Å². The van der Waals surface area contributed by atoms with Gasteiger partial charge in [-0.05, 0) is 26.6 Å². The van der Waals surface area contributed by atoms with E-state index in [4.69, 9.17) is 0 Å². The standard InChI is InChI=1S/C16H24N2O/c1-14(16(19)15-7-4-3-5-8-15)13-18-10-6-9-17(2)11-12-18/h3-5,7-8,14H,6,9-13H2,1-2H3. The molecule has 1 fully saturated rings. The topological polar surface area (TPSA) is 23.6 Å². The first kappa shape index (κ1) is 14.2. The predicted octanol–water partition coefficient (Wildman–Crippen LogP) is 2.14. The largest absolute Gasteiger partial charge is 0.305 e. The minimum absolute atomic E-state index is 0.0748. The van der Waals surface area contributed by atoms with Gasteiger partial charge in [0.1, 0.15) is 0 Å². The van der Waals surface area contributed by atoms with Gasteiger partial charge in [0.25, 0.3) is 0 Å². The molecule has 0 aromatic heterocycles. The molecule has 0 aliphatic carbocycles. The summed E-state index contributed by atoms with van der Waals surface area (Å²) in [7, 11) is 2.17. The van der Waals surface area contributed by atoms with Crippen molar-refractivity contribution in [1.29, 1.82) is 0 Å². The highest BCUT2D eigenvalue weighted by molar-refractivity contribution is 5.97. The lowest BCUT2D eigenvalue weighted by molar-refractivity contribution is 0.0895. The Morgan fingerprint density at radius 1 is 1.16 bits per heavy atom. The van der Waals surface area contributed by atoms with Crippen molar-refractivity contribution in [2.75, 3.05) is 39.8 Å². The van der Waals surface area contributed by atoms with Crippen LogP contribution in [0.15, 0.2) is 30.3 Å². The third-order valence-electron chi connectivity index (χ3n) is 3.85. The van der Waals surface area contributed by atoms with Crippen molar-refractivity contribution < 1.29 is 4.79 Å². The maximum Gasteiger partial charge on any atom is 0.166 e. The molecule has 0 radical (unpaired) electrons. The van der Waals surface area contributed by atoms with Gasteiger partial charge in [-0.15, -0.1) is 0 Å². The summed E-state index contributed by atoms with van der Waals surface area (Å²) in [4.78, 5) is 17.1. The van der Waals surface area contributed by atoms with Crippen LogP contribution in [0.1, 0.15) is 23.7 Å². The zero-order chi connectivity index (χ0) is 13.7. The molecule has 0 saturated carbocycles. The highest BCUT2D eigenvalue weighted by Crippen LogP contribution is 2.11. The molecule has 0 amide bonds. The van der Waals surface area contributed by atoms with E-state index in [1.165, 1.54) is 6.42 Å². The van der Waals surface area contributed by atoms with Crippen LogP contribution in [0.25, 0.3) is 0 Å². The van der Waals surface area contributed by atoms with Crippen molar-refractivity contribution in [3.8, 4) is 0 Å². The highest BCUT2D eigenvalue weighted by Gasteiger charge is 2.20. The van der Waals surface area contributed by atoms with Gasteiger partial charge < -0.3 is 9.80 Å². The molecule has 0 spiro atoms. The maximum atomic E-state index is 12.3. The molecule has 1 atom stereocenters. The fraction of sp³-hybridized carbons (Fsp3) is 0.562. The molecule has 3 heteroatoms. The van der Waals surface area contributed by atoms with Crippen LogP contribution >= 0.6 is 0 Å². The van der Waals surface area contributed by atoms with Crippen LogP contribution in [0.2, 0.25) is 0 Å². The van der Waals surface area contributed by atoms with Gasteiger partial charge in [0.05, 0.1) is 0 Å². The van der Waals surface area contributed by atoms with Gasteiger partial charge in [-0.2, -0.15) is 0 Å². The average Bonchev–Trinajstić information content (AvgIpc) is 2.64. The van der Waals surface area contributed by atoms with E-state index in [1.807, 2.05) is 37.3 Å². The molecular weight excluding hydrogens is 236 g/mol. The second-order valence-electron chi connectivity index (χ2n) is 5.59. The molecule has 3 nitrogen and oxygen atoms in total. The Morgan fingerprint density at radius 3 is 2.63 bits per heavy atom. The number of benzene rings is 1. The normalized spacial score (nSPS) is 19.9. The summed E-state index contributed by atoms with van der Waals surface area (Å²) < 4.78 is 0. The van der Waals surface area contributed by atoms with E-state index in [2.05, 4.69) is 16.8 Å². The third-order valence-corrected chi connectivity index (χ3v) is 3.85. The lowest BCUT2D eigenvalue weighted by Gasteiger charge is -2.23. The Kier molecular flexibility index (Phi) is 5.11. The van der Waals surface area contributed by atoms with Gasteiger partial charge >= 0.3 is 0 Å². The molecule has 0 N–H and O–H groups in total. The van der Waals surface area contributed by atoms with Gasteiger partial charge in [0, 0.05) is 31.1 Å². The Labute approximate surface area is 116 Å². The van der Waals surface area contributed by atoms with Gasteiger partial charge in [-0.25, -0.2) is 0 Å². The van der Waals surface area contributed by atoms with E-state index in [-0.39, 0.29) is 11.7 Å². The van der Waals surface area contributed by atoms with Crippen molar-refractivity contribution >= 4 is 5.78 Å². The number of carbonyl (C=O) groups excluding carboxylic acids is 1. The summed E-state index contributed by atoms with van der Waals surface area (Å²) in [5, 5.41) is 0. The first-order valence-corrected chi connectivity index (χ1v) is 7.17. The van der Waals surface area contributed by atoms with Gasteiger partial charge in [0.2, 0.25) is 0 Å². The summed E-state index contributed by atoms with van der Waals surface area (Å²) >= 11 is 0. The number of rotatable bonds is 4. The number of hydrogen-bond donors (Lipinski definition) is 0. The Balaban J connectivity index is 1.90. The maximum absolute atomic E-state index is 12.3. The summed E-state index contributed by atoms with van der Waals surface area (Å²) in [6.07, 6.45) is 1.20. The molecule has 1 aliphatic rings. The average molecular weight is 260 g/mol. The fourth-order valence-electron chi connectivity index (χ4n) is 2.64. The molecule has 2 rings (SSSR count). The third kappa shape index (κ3) is 4.15. The summed E-state index contributed by atoms with van der Waals surface area (Å²) in [5.41, 5.74) is 0.835. The van der Waals surface area contributed by atoms with E-state index < -0.39 is 0 Å². The minimum atomic E-state index is 0.0748. The van der Waals surface area contributed by atoms with E-state index >= 15 is 0 Å². The monoisotopic (exact) mass is 260 g/mol. The van der Waals surface area contributed by atoms with Crippen LogP contribution in [0.5, 0.6) is 0 Å². The molecule has 1 heterocycles. The number of likely N-dealkylation sites (N-methyl/N-ethyl adjacent to an activating group) is 1. The van der Waals surface area contributed by atoms with Gasteiger partial charge in [-0.1, -0.05) is 37.3 Å². The summed E-state index contributed by atoms with van der Waals surface area (Å²) in [6.45, 7) is 7.37. The zero-order valence-electron chi connectivity index (χ0n) is 12.0. The number of carbonyl (C=O) groups is 1. The fourth-order valence-corrected chi connectivity index (χ4v) is 2.64. The Bertz CT molecular complexity index is 404. The quantitative estimate of drug-likeness (QED) is 0.775. The lowest BCUT2D eigenvalue weighted by Crippen LogP contribution is -2.34. The summed E-state index contributed by atoms with van der Waals surface area (Å²) in [6, 6.07) is 9.64. The minimum Gasteiger partial charge on any atom is -0.305 e. The van der Waals surface area contributed by atoms with Gasteiger partial charge in [-0.3, -0.25) is 4.79 Å². The first-order chi connectivity index (χ1) is 9.16. The molecule has 1 aromatic carbocycles. The van der Waals surface area contributed by atoms with E-state index in [9.17, 15) is 4.79 Å². The van der Waals surface area contributed by atoms with Crippen LogP contribution in [-0.2, 0) is 0 Å². The second-order valence-corrected chi connectivity index (χ2v) is 5.59. The number of nitrogens with zero attached hydrogens (tertiary/aromatic N) is 2. The number of hydrogen-bond acceptors (Lipinski definition) is 3. The second kappa shape index (κ2) is 6.83. The predicted molar refractivity (Wildman–Crippen MR) is 78.5 cm³/mol. The molecule has 0 bridgehead atoms. The SMILES string of the molecule is CC(CN1CCCN(C)CC1)C(=O)c1ccccc1. The molecule has 1 unspecified atom stereocenters. The van der Waals surface area contributed by atoms with Crippen molar-refractivity contribution in [2.24, 2.45) is 5.92 Å². The molecule has 1 saturated heterocycles. The molecular formula is C16H24N2O. The van der Waals surface area contributed by atoms with Crippen LogP contribution in [0.4, 0.5) is 0 Å². The summed E-state index contributed by atoms with van der Waals surface area (Å²) in [5.74, 6) is 0.337. The molecule has 104 valence electrons. The van der Waals surface area contributed by atoms with E-state index in [0.717, 1.165) is 38.3 Å². The lowest BCUT2D eigenvalue weighted by atomic mass is 9.99. The first-order valence-electron chi connectivity index (χ1n) is 7.17. The van der Waals surface area contributed by atoms with Crippen molar-refractivity contribution in [1.82, 2.24) is 9.80 Å². The van der Waals surface area contributed by atoms with Crippen molar-refractivity contribution in [3.05, 3.63) is 35.9 Å². The van der Waals surface area contributed by atoms with E-state index in [0.29, 0.717) is 0 Å². The van der Waals surface area contributed by atoms with E-state index in [1.54, 1.807) is 0 Å². The molecule has 1 aromatic rings. The number of ketones is 1. The van der Waals surface area contributed by atoms with Crippen LogP contribution in [-0.4, -0.2) is 55.4 Å². The molecule has 1 aliphatic heterocycles. The Morgan fingerprint density at radius 2 is 1.89 bits per heavy atom. The van der Waals surface area contributed by atoms with Crippen LogP contribution in [0.3, 0.4) is 0 Å². The highest BCUT2D eigenvalue weighted by atomic mass is 16.1. The van der Waals surface area contributed by atoms with Crippen molar-refractivity contribution in [2.45, 2.75) is 13.3 Å². The number of Topliss-reactive ketones (excluding diaryl/α,β-unsaturated/α-hetero) is 1.